The highest BCUT2D eigenvalue weighted by atomic mass is 19.1. The molecule has 0 unspecified atom stereocenters. The van der Waals surface area contributed by atoms with E-state index in [1.54, 1.807) is 0 Å². The smallest absolute Gasteiger partial charge is 0.337 e. The molecule has 0 aliphatic heterocycles. The van der Waals surface area contributed by atoms with Crippen molar-refractivity contribution >= 4 is 11.9 Å². The Bertz CT molecular complexity index is 852. The molecule has 0 saturated heterocycles. The summed E-state index contributed by atoms with van der Waals surface area (Å²) in [7, 11) is 1.21. The van der Waals surface area contributed by atoms with Crippen LogP contribution in [0, 0.1) is 11.6 Å². The fourth-order valence-electron chi connectivity index (χ4n) is 2.84. The predicted molar refractivity (Wildman–Crippen MR) is 103 cm³/mol. The van der Waals surface area contributed by atoms with Crippen LogP contribution in [0.15, 0.2) is 36.4 Å². The maximum atomic E-state index is 14.2. The molecular formula is C21H24F2N2O3. The number of carbonyl (C=O) groups is 2. The first-order valence-electron chi connectivity index (χ1n) is 9.09. The molecule has 2 rings (SSSR count). The van der Waals surface area contributed by atoms with Gasteiger partial charge in [-0.2, -0.15) is 0 Å². The number of ether oxygens (including phenoxy) is 1. The fourth-order valence-corrected chi connectivity index (χ4v) is 2.84. The molecule has 2 aromatic carbocycles. The van der Waals surface area contributed by atoms with Gasteiger partial charge in [-0.05, 0) is 55.1 Å². The van der Waals surface area contributed by atoms with Crippen LogP contribution in [-0.4, -0.2) is 50.1 Å². The second-order valence-electron chi connectivity index (χ2n) is 6.20. The molecule has 0 heterocycles. The summed E-state index contributed by atoms with van der Waals surface area (Å²) in [5.41, 5.74) is 0.426. The van der Waals surface area contributed by atoms with Gasteiger partial charge in [0.05, 0.1) is 12.7 Å². The van der Waals surface area contributed by atoms with E-state index >= 15 is 0 Å². The summed E-state index contributed by atoms with van der Waals surface area (Å²) in [6.07, 6.45) is 0. The van der Waals surface area contributed by atoms with Crippen LogP contribution in [0.3, 0.4) is 0 Å². The predicted octanol–water partition coefficient (Wildman–Crippen LogP) is 3.49. The van der Waals surface area contributed by atoms with Crippen LogP contribution in [0.4, 0.5) is 8.78 Å². The Hall–Kier alpha value is -2.80. The average Bonchev–Trinajstić information content (AvgIpc) is 2.71. The van der Waals surface area contributed by atoms with Crippen LogP contribution in [-0.2, 0) is 4.74 Å². The minimum atomic E-state index is -0.671. The number of hydrogen-bond donors (Lipinski definition) is 1. The van der Waals surface area contributed by atoms with Gasteiger partial charge in [0.2, 0.25) is 0 Å². The zero-order chi connectivity index (χ0) is 20.7. The summed E-state index contributed by atoms with van der Waals surface area (Å²) in [6, 6.07) is 7.20. The molecule has 5 nitrogen and oxygen atoms in total. The summed E-state index contributed by atoms with van der Waals surface area (Å²) in [5.74, 6) is -2.35. The highest BCUT2D eigenvalue weighted by molar-refractivity contribution is 5.99. The molecule has 1 amide bonds. The van der Waals surface area contributed by atoms with E-state index in [0.29, 0.717) is 13.1 Å². The summed E-state index contributed by atoms with van der Waals surface area (Å²) < 4.78 is 32.5. The molecule has 150 valence electrons. The van der Waals surface area contributed by atoms with Crippen LogP contribution in [0.2, 0.25) is 0 Å². The summed E-state index contributed by atoms with van der Waals surface area (Å²) in [4.78, 5) is 26.7. The van der Waals surface area contributed by atoms with Gasteiger partial charge in [-0.25, -0.2) is 13.6 Å². The van der Waals surface area contributed by atoms with E-state index in [9.17, 15) is 18.4 Å². The Morgan fingerprint density at radius 1 is 1.04 bits per heavy atom. The molecule has 1 N–H and O–H groups in total. The molecule has 0 aliphatic carbocycles. The van der Waals surface area contributed by atoms with Gasteiger partial charge in [0.25, 0.3) is 5.91 Å². The molecule has 0 atom stereocenters. The molecule has 28 heavy (non-hydrogen) atoms. The summed E-state index contributed by atoms with van der Waals surface area (Å²) >= 11 is 0. The van der Waals surface area contributed by atoms with Gasteiger partial charge in [-0.3, -0.25) is 4.79 Å². The van der Waals surface area contributed by atoms with E-state index in [4.69, 9.17) is 4.74 Å². The van der Waals surface area contributed by atoms with Crippen LogP contribution in [0.25, 0.3) is 11.1 Å². The second-order valence-corrected chi connectivity index (χ2v) is 6.20. The van der Waals surface area contributed by atoms with Crippen molar-refractivity contribution in [2.24, 2.45) is 0 Å². The van der Waals surface area contributed by atoms with Gasteiger partial charge in [0.15, 0.2) is 0 Å². The highest BCUT2D eigenvalue weighted by Gasteiger charge is 2.16. The molecule has 0 aromatic heterocycles. The third-order valence-corrected chi connectivity index (χ3v) is 4.46. The zero-order valence-electron chi connectivity index (χ0n) is 16.2. The highest BCUT2D eigenvalue weighted by Crippen LogP contribution is 2.26. The number of nitrogens with zero attached hydrogens (tertiary/aromatic N) is 1. The third kappa shape index (κ3) is 5.36. The Morgan fingerprint density at radius 2 is 1.71 bits per heavy atom. The fraction of sp³-hybridized carbons (Fsp3) is 0.333. The van der Waals surface area contributed by atoms with E-state index in [1.165, 1.54) is 25.3 Å². The Morgan fingerprint density at radius 3 is 2.36 bits per heavy atom. The summed E-state index contributed by atoms with van der Waals surface area (Å²) in [5, 5.41) is 2.79. The minimum absolute atomic E-state index is 0.0389. The maximum absolute atomic E-state index is 14.2. The molecule has 0 bridgehead atoms. The molecule has 7 heteroatoms. The number of halogens is 2. The van der Waals surface area contributed by atoms with Crippen molar-refractivity contribution in [3.05, 3.63) is 59.2 Å². The Kier molecular flexibility index (Phi) is 7.63. The van der Waals surface area contributed by atoms with Crippen molar-refractivity contribution in [3.63, 3.8) is 0 Å². The quantitative estimate of drug-likeness (QED) is 0.701. The lowest BCUT2D eigenvalue weighted by molar-refractivity contribution is 0.0600. The lowest BCUT2D eigenvalue weighted by Gasteiger charge is -2.18. The number of esters is 1. The first kappa shape index (κ1) is 21.5. The molecule has 2 aromatic rings. The lowest BCUT2D eigenvalue weighted by Crippen LogP contribution is -2.34. The number of carbonyl (C=O) groups excluding carboxylic acids is 2. The van der Waals surface area contributed by atoms with Gasteiger partial charge in [0, 0.05) is 24.2 Å². The Balaban J connectivity index is 2.34. The molecule has 0 spiro atoms. The van der Waals surface area contributed by atoms with Gasteiger partial charge in [-0.15, -0.1) is 0 Å². The first-order valence-corrected chi connectivity index (χ1v) is 9.09. The topological polar surface area (TPSA) is 58.6 Å². The summed E-state index contributed by atoms with van der Waals surface area (Å²) in [6.45, 7) is 6.91. The lowest BCUT2D eigenvalue weighted by atomic mass is 9.98. The molecule has 0 aliphatic rings. The van der Waals surface area contributed by atoms with E-state index in [2.05, 4.69) is 10.2 Å². The van der Waals surface area contributed by atoms with E-state index < -0.39 is 23.5 Å². The standard InChI is InChI=1S/C21H24F2N2O3/c1-4-25(5-2)9-8-24-20(26)15-10-14(11-16(12-15)21(27)28-3)18-13-17(22)6-7-19(18)23/h6-7,10-13H,4-5,8-9H2,1-3H3,(H,24,26). The number of amides is 1. The van der Waals surface area contributed by atoms with E-state index in [0.717, 1.165) is 31.3 Å². The van der Waals surface area contributed by atoms with Crippen molar-refractivity contribution in [2.45, 2.75) is 13.8 Å². The van der Waals surface area contributed by atoms with Crippen molar-refractivity contribution < 1.29 is 23.1 Å². The zero-order valence-corrected chi connectivity index (χ0v) is 16.2. The van der Waals surface area contributed by atoms with Crippen LogP contribution in [0.1, 0.15) is 34.6 Å². The number of nitrogens with one attached hydrogen (secondary N) is 1. The van der Waals surface area contributed by atoms with Crippen molar-refractivity contribution in [3.8, 4) is 11.1 Å². The monoisotopic (exact) mass is 390 g/mol. The SMILES string of the molecule is CCN(CC)CCNC(=O)c1cc(C(=O)OC)cc(-c2cc(F)ccc2F)c1. The maximum Gasteiger partial charge on any atom is 0.337 e. The molecule has 0 fully saturated rings. The van der Waals surface area contributed by atoms with Crippen LogP contribution in [0.5, 0.6) is 0 Å². The largest absolute Gasteiger partial charge is 0.465 e. The van der Waals surface area contributed by atoms with Crippen molar-refractivity contribution in [2.75, 3.05) is 33.3 Å². The number of hydrogen-bond acceptors (Lipinski definition) is 4. The normalized spacial score (nSPS) is 10.8. The van der Waals surface area contributed by atoms with Crippen molar-refractivity contribution in [1.29, 1.82) is 0 Å². The van der Waals surface area contributed by atoms with Gasteiger partial charge in [-0.1, -0.05) is 13.8 Å². The van der Waals surface area contributed by atoms with Gasteiger partial charge >= 0.3 is 5.97 Å². The molecular weight excluding hydrogens is 366 g/mol. The molecule has 0 saturated carbocycles. The van der Waals surface area contributed by atoms with Gasteiger partial charge < -0.3 is 15.0 Å². The minimum Gasteiger partial charge on any atom is -0.465 e. The third-order valence-electron chi connectivity index (χ3n) is 4.46. The van der Waals surface area contributed by atoms with Crippen LogP contribution < -0.4 is 5.32 Å². The number of benzene rings is 2. The molecule has 0 radical (unpaired) electrons. The Labute approximate surface area is 163 Å². The van der Waals surface area contributed by atoms with Crippen molar-refractivity contribution in [1.82, 2.24) is 10.2 Å². The van der Waals surface area contributed by atoms with E-state index in [1.807, 2.05) is 13.8 Å². The second kappa shape index (κ2) is 9.94. The van der Waals surface area contributed by atoms with E-state index in [-0.39, 0.29) is 22.3 Å². The number of methoxy groups -OCH3 is 1. The number of rotatable bonds is 8. The average molecular weight is 390 g/mol. The van der Waals surface area contributed by atoms with Gasteiger partial charge in [0.1, 0.15) is 11.6 Å². The van der Waals surface area contributed by atoms with Crippen LogP contribution >= 0.6 is 0 Å². The first-order chi connectivity index (χ1) is 13.4. The number of likely N-dealkylation sites (N-methyl/N-ethyl adjacent to an activating group) is 1.